The molecule has 142 valence electrons. The number of esters is 1. The maximum atomic E-state index is 14.5. The number of hydrogen-bond donors (Lipinski definition) is 0. The summed E-state index contributed by atoms with van der Waals surface area (Å²) in [6.45, 7) is -0.155. The maximum Gasteiger partial charge on any atom is 0.337 e. The third-order valence-corrected chi connectivity index (χ3v) is 4.09. The minimum Gasteiger partial charge on any atom is -0.465 e. The average Bonchev–Trinajstić information content (AvgIpc) is 2.72. The van der Waals surface area contributed by atoms with E-state index in [0.717, 1.165) is 6.07 Å². The van der Waals surface area contributed by atoms with Crippen LogP contribution in [0.15, 0.2) is 67.0 Å². The molecule has 3 rings (SSSR count). The minimum absolute atomic E-state index is 0.0570. The molecule has 0 saturated heterocycles. The zero-order chi connectivity index (χ0) is 20.1. The highest BCUT2D eigenvalue weighted by Crippen LogP contribution is 2.23. The van der Waals surface area contributed by atoms with Gasteiger partial charge in [-0.3, -0.25) is 9.78 Å². The lowest BCUT2D eigenvalue weighted by Gasteiger charge is -2.23. The van der Waals surface area contributed by atoms with Gasteiger partial charge in [0.1, 0.15) is 11.6 Å². The number of hydrogen-bond acceptors (Lipinski definition) is 4. The molecule has 0 spiro atoms. The van der Waals surface area contributed by atoms with E-state index in [9.17, 15) is 18.4 Å². The summed E-state index contributed by atoms with van der Waals surface area (Å²) in [5.74, 6) is -2.30. The Hall–Kier alpha value is -3.61. The number of pyridine rings is 1. The smallest absolute Gasteiger partial charge is 0.337 e. The lowest BCUT2D eigenvalue weighted by Crippen LogP contribution is -2.31. The van der Waals surface area contributed by atoms with Gasteiger partial charge >= 0.3 is 5.97 Å². The second-order valence-electron chi connectivity index (χ2n) is 5.90. The molecule has 0 unspecified atom stereocenters. The number of rotatable bonds is 5. The molecule has 0 fully saturated rings. The average molecular weight is 382 g/mol. The summed E-state index contributed by atoms with van der Waals surface area (Å²) < 4.78 is 32.8. The van der Waals surface area contributed by atoms with Crippen molar-refractivity contribution in [3.63, 3.8) is 0 Å². The molecule has 5 nitrogen and oxygen atoms in total. The first-order valence-corrected chi connectivity index (χ1v) is 8.34. The Labute approximate surface area is 160 Å². The second-order valence-corrected chi connectivity index (χ2v) is 5.90. The lowest BCUT2D eigenvalue weighted by molar-refractivity contribution is 0.0600. The Morgan fingerprint density at radius 1 is 1.00 bits per heavy atom. The molecule has 1 amide bonds. The molecule has 1 heterocycles. The van der Waals surface area contributed by atoms with Gasteiger partial charge < -0.3 is 9.64 Å². The molecule has 0 radical (unpaired) electrons. The third-order valence-electron chi connectivity index (χ3n) is 4.09. The number of aromatic nitrogens is 1. The Balaban J connectivity index is 1.98. The third kappa shape index (κ3) is 4.20. The predicted molar refractivity (Wildman–Crippen MR) is 98.9 cm³/mol. The number of carbonyl (C=O) groups excluding carboxylic acids is 2. The molecule has 2 aromatic carbocycles. The van der Waals surface area contributed by atoms with Crippen LogP contribution >= 0.6 is 0 Å². The van der Waals surface area contributed by atoms with Crippen LogP contribution < -0.4 is 4.90 Å². The maximum absolute atomic E-state index is 14.5. The fourth-order valence-corrected chi connectivity index (χ4v) is 2.67. The van der Waals surface area contributed by atoms with Crippen LogP contribution in [0.2, 0.25) is 0 Å². The highest BCUT2D eigenvalue weighted by molar-refractivity contribution is 6.05. The predicted octanol–water partition coefficient (Wildman–Crippen LogP) is 3.99. The van der Waals surface area contributed by atoms with E-state index in [1.165, 1.54) is 66.9 Å². The van der Waals surface area contributed by atoms with Crippen LogP contribution in [0.1, 0.15) is 26.3 Å². The van der Waals surface area contributed by atoms with E-state index in [0.29, 0.717) is 5.56 Å². The summed E-state index contributed by atoms with van der Waals surface area (Å²) in [6.07, 6.45) is 2.92. The zero-order valence-electron chi connectivity index (χ0n) is 14.9. The number of benzene rings is 2. The van der Waals surface area contributed by atoms with E-state index in [-0.39, 0.29) is 23.4 Å². The van der Waals surface area contributed by atoms with Gasteiger partial charge in [-0.1, -0.05) is 12.1 Å². The van der Waals surface area contributed by atoms with Crippen molar-refractivity contribution in [2.24, 2.45) is 0 Å². The highest BCUT2D eigenvalue weighted by atomic mass is 19.1. The Bertz CT molecular complexity index is 1010. The number of ether oxygens (including phenoxy) is 1. The lowest BCUT2D eigenvalue weighted by atomic mass is 10.1. The molecule has 0 aliphatic carbocycles. The van der Waals surface area contributed by atoms with Crippen LogP contribution in [0.4, 0.5) is 14.5 Å². The van der Waals surface area contributed by atoms with Gasteiger partial charge in [-0.2, -0.15) is 0 Å². The van der Waals surface area contributed by atoms with Gasteiger partial charge in [0.05, 0.1) is 19.2 Å². The van der Waals surface area contributed by atoms with Crippen molar-refractivity contribution in [3.05, 3.63) is 95.3 Å². The summed E-state index contributed by atoms with van der Waals surface area (Å²) in [5.41, 5.74) is 0.824. The van der Waals surface area contributed by atoms with Crippen LogP contribution in [-0.4, -0.2) is 24.0 Å². The standard InChI is InChI=1S/C21H16F2N2O3/c1-28-21(27)15-5-6-16(19(23)11-15)13-25(18-4-2-3-17(22)12-18)20(26)14-7-9-24-10-8-14/h2-12H,13H2,1H3. The molecule has 28 heavy (non-hydrogen) atoms. The van der Waals surface area contributed by atoms with Crippen molar-refractivity contribution in [2.45, 2.75) is 6.54 Å². The quantitative estimate of drug-likeness (QED) is 0.626. The number of nitrogens with zero attached hydrogens (tertiary/aromatic N) is 2. The van der Waals surface area contributed by atoms with E-state index < -0.39 is 23.5 Å². The zero-order valence-corrected chi connectivity index (χ0v) is 14.9. The number of methoxy groups -OCH3 is 1. The second kappa shape index (κ2) is 8.39. The van der Waals surface area contributed by atoms with Crippen molar-refractivity contribution >= 4 is 17.6 Å². The van der Waals surface area contributed by atoms with Gasteiger partial charge in [-0.25, -0.2) is 13.6 Å². The van der Waals surface area contributed by atoms with Crippen molar-refractivity contribution in [1.29, 1.82) is 0 Å². The number of halogens is 2. The number of carbonyl (C=O) groups is 2. The molecule has 3 aromatic rings. The van der Waals surface area contributed by atoms with Crippen molar-refractivity contribution in [2.75, 3.05) is 12.0 Å². The van der Waals surface area contributed by atoms with Crippen LogP contribution in [0.5, 0.6) is 0 Å². The number of anilines is 1. The number of amides is 1. The Kier molecular flexibility index (Phi) is 5.74. The molecular weight excluding hydrogens is 366 g/mol. The van der Waals surface area contributed by atoms with Gasteiger partial charge in [0.25, 0.3) is 5.91 Å². The molecule has 1 aromatic heterocycles. The van der Waals surface area contributed by atoms with Crippen molar-refractivity contribution in [1.82, 2.24) is 4.98 Å². The molecule has 0 aliphatic rings. The monoisotopic (exact) mass is 382 g/mol. The van der Waals surface area contributed by atoms with E-state index in [2.05, 4.69) is 9.72 Å². The molecule has 0 saturated carbocycles. The molecule has 0 bridgehead atoms. The van der Waals surface area contributed by atoms with Crippen molar-refractivity contribution < 1.29 is 23.1 Å². The van der Waals surface area contributed by atoms with E-state index in [1.54, 1.807) is 6.07 Å². The van der Waals surface area contributed by atoms with Crippen LogP contribution in [0.3, 0.4) is 0 Å². The van der Waals surface area contributed by atoms with Crippen LogP contribution in [0, 0.1) is 11.6 Å². The Morgan fingerprint density at radius 3 is 2.39 bits per heavy atom. The summed E-state index contributed by atoms with van der Waals surface area (Å²) >= 11 is 0. The summed E-state index contributed by atoms with van der Waals surface area (Å²) in [5, 5.41) is 0. The minimum atomic E-state index is -0.674. The topological polar surface area (TPSA) is 59.5 Å². The fourth-order valence-electron chi connectivity index (χ4n) is 2.67. The van der Waals surface area contributed by atoms with Gasteiger partial charge in [-0.15, -0.1) is 0 Å². The first-order chi connectivity index (χ1) is 13.5. The molecule has 0 atom stereocenters. The van der Waals surface area contributed by atoms with Gasteiger partial charge in [-0.05, 0) is 42.5 Å². The largest absolute Gasteiger partial charge is 0.465 e. The summed E-state index contributed by atoms with van der Waals surface area (Å²) in [4.78, 5) is 29.7. The van der Waals surface area contributed by atoms with Crippen LogP contribution in [0.25, 0.3) is 0 Å². The van der Waals surface area contributed by atoms with Crippen molar-refractivity contribution in [3.8, 4) is 0 Å². The van der Waals surface area contributed by atoms with Gasteiger partial charge in [0, 0.05) is 29.2 Å². The van der Waals surface area contributed by atoms with Gasteiger partial charge in [0.15, 0.2) is 0 Å². The van der Waals surface area contributed by atoms with E-state index >= 15 is 0 Å². The molecule has 0 N–H and O–H groups in total. The fraction of sp³-hybridized carbons (Fsp3) is 0.0952. The van der Waals surface area contributed by atoms with Gasteiger partial charge in [0.2, 0.25) is 0 Å². The highest BCUT2D eigenvalue weighted by Gasteiger charge is 2.21. The molecule has 0 aliphatic heterocycles. The first-order valence-electron chi connectivity index (χ1n) is 8.34. The molecule has 7 heteroatoms. The summed E-state index contributed by atoms with van der Waals surface area (Å²) in [7, 11) is 1.20. The SMILES string of the molecule is COC(=O)c1ccc(CN(C(=O)c2ccncc2)c2cccc(F)c2)c(F)c1. The normalized spacial score (nSPS) is 10.4. The molecular formula is C21H16F2N2O3. The first kappa shape index (κ1) is 19.2. The Morgan fingerprint density at radius 2 is 1.75 bits per heavy atom. The van der Waals surface area contributed by atoms with E-state index in [4.69, 9.17) is 0 Å². The van der Waals surface area contributed by atoms with E-state index in [1.807, 2.05) is 0 Å². The van der Waals surface area contributed by atoms with Crippen LogP contribution in [-0.2, 0) is 11.3 Å². The summed E-state index contributed by atoms with van der Waals surface area (Å²) in [6, 6.07) is 12.4.